The highest BCUT2D eigenvalue weighted by molar-refractivity contribution is 7.86. The molecule has 0 unspecified atom stereocenters. The normalized spacial score (nSPS) is 13.4. The van der Waals surface area contributed by atoms with Crippen molar-refractivity contribution in [1.82, 2.24) is 0 Å². The van der Waals surface area contributed by atoms with E-state index >= 15 is 0 Å². The smallest absolute Gasteiger partial charge is 0.262 e. The zero-order valence-electron chi connectivity index (χ0n) is 8.78. The molecule has 0 spiro atoms. The third-order valence-electron chi connectivity index (χ3n) is 1.87. The van der Waals surface area contributed by atoms with Crippen LogP contribution in [0.1, 0.15) is 18.6 Å². The van der Waals surface area contributed by atoms with Crippen LogP contribution in [0.25, 0.3) is 0 Å². The first-order valence-electron chi connectivity index (χ1n) is 4.42. The Bertz CT molecular complexity index is 496. The minimum absolute atomic E-state index is 0.0959. The van der Waals surface area contributed by atoms with E-state index in [0.717, 1.165) is 6.26 Å². The number of hydrogen-bond acceptors (Lipinski definition) is 5. The van der Waals surface area contributed by atoms with E-state index in [9.17, 15) is 18.5 Å². The van der Waals surface area contributed by atoms with Crippen LogP contribution in [0.2, 0.25) is 0 Å². The number of non-ortho nitro benzene ring substituents is 1. The first kappa shape index (κ1) is 12.6. The number of benzene rings is 1. The van der Waals surface area contributed by atoms with Crippen LogP contribution in [0, 0.1) is 10.1 Å². The second-order valence-corrected chi connectivity index (χ2v) is 4.90. The van der Waals surface area contributed by atoms with Crippen molar-refractivity contribution in [3.05, 3.63) is 39.9 Å². The van der Waals surface area contributed by atoms with E-state index in [-0.39, 0.29) is 5.69 Å². The van der Waals surface area contributed by atoms with Crippen LogP contribution < -0.4 is 0 Å². The molecule has 0 amide bonds. The molecule has 0 bridgehead atoms. The maximum atomic E-state index is 10.9. The van der Waals surface area contributed by atoms with Crippen LogP contribution in [0.15, 0.2) is 24.3 Å². The molecule has 0 N–H and O–H groups in total. The topological polar surface area (TPSA) is 86.5 Å². The van der Waals surface area contributed by atoms with Crippen molar-refractivity contribution < 1.29 is 17.5 Å². The van der Waals surface area contributed by atoms with Gasteiger partial charge in [0, 0.05) is 12.1 Å². The number of nitrogens with zero attached hydrogens (tertiary/aromatic N) is 1. The summed E-state index contributed by atoms with van der Waals surface area (Å²) >= 11 is 0. The molecule has 0 aliphatic rings. The predicted octanol–water partition coefficient (Wildman–Crippen LogP) is 1.63. The maximum Gasteiger partial charge on any atom is 0.269 e. The number of nitro benzene ring substituents is 1. The second-order valence-electron chi connectivity index (χ2n) is 3.29. The molecule has 1 atom stereocenters. The molecule has 1 aromatic rings. The van der Waals surface area contributed by atoms with Gasteiger partial charge >= 0.3 is 0 Å². The van der Waals surface area contributed by atoms with Crippen LogP contribution in [-0.4, -0.2) is 19.6 Å². The minimum atomic E-state index is -3.57. The van der Waals surface area contributed by atoms with Gasteiger partial charge < -0.3 is 0 Å². The van der Waals surface area contributed by atoms with Gasteiger partial charge in [0.05, 0.1) is 17.3 Å². The Balaban J connectivity index is 2.96. The average Bonchev–Trinajstić information content (AvgIpc) is 2.15. The Morgan fingerprint density at radius 3 is 2.56 bits per heavy atom. The summed E-state index contributed by atoms with van der Waals surface area (Å²) in [6, 6.07) is 5.67. The van der Waals surface area contributed by atoms with Crippen molar-refractivity contribution in [1.29, 1.82) is 0 Å². The molecule has 0 aliphatic heterocycles. The largest absolute Gasteiger partial charge is 0.269 e. The minimum Gasteiger partial charge on any atom is -0.262 e. The highest BCUT2D eigenvalue weighted by Crippen LogP contribution is 2.22. The Hall–Kier alpha value is -1.47. The highest BCUT2D eigenvalue weighted by Gasteiger charge is 2.15. The van der Waals surface area contributed by atoms with Gasteiger partial charge in [0.2, 0.25) is 0 Å². The van der Waals surface area contributed by atoms with Gasteiger partial charge in [-0.1, -0.05) is 12.1 Å². The Labute approximate surface area is 93.1 Å². The van der Waals surface area contributed by atoms with E-state index in [4.69, 9.17) is 4.18 Å². The van der Waals surface area contributed by atoms with Gasteiger partial charge in [0.15, 0.2) is 0 Å². The molecule has 1 rings (SSSR count). The number of rotatable bonds is 4. The Morgan fingerprint density at radius 1 is 1.44 bits per heavy atom. The number of hydrogen-bond donors (Lipinski definition) is 0. The van der Waals surface area contributed by atoms with E-state index in [2.05, 4.69) is 0 Å². The molecule has 1 aromatic carbocycles. The van der Waals surface area contributed by atoms with Gasteiger partial charge in [-0.15, -0.1) is 0 Å². The molecular formula is C9H11NO5S. The zero-order valence-corrected chi connectivity index (χ0v) is 9.60. The summed E-state index contributed by atoms with van der Waals surface area (Å²) < 4.78 is 26.5. The van der Waals surface area contributed by atoms with Crippen molar-refractivity contribution >= 4 is 15.8 Å². The summed E-state index contributed by atoms with van der Waals surface area (Å²) in [6.07, 6.45) is 0.191. The van der Waals surface area contributed by atoms with Crippen LogP contribution in [0.5, 0.6) is 0 Å². The first-order valence-corrected chi connectivity index (χ1v) is 6.24. The Kier molecular flexibility index (Phi) is 3.61. The van der Waals surface area contributed by atoms with Gasteiger partial charge in [0.25, 0.3) is 15.8 Å². The summed E-state index contributed by atoms with van der Waals surface area (Å²) in [5.74, 6) is 0. The first-order chi connectivity index (χ1) is 7.29. The lowest BCUT2D eigenvalue weighted by atomic mass is 10.1. The standard InChI is InChI=1S/C9H11NO5S/c1-7(15-16(2,13)14)8-4-3-5-9(6-8)10(11)12/h3-7H,1-2H3/t7-/m1/s1. The van der Waals surface area contributed by atoms with Crippen molar-refractivity contribution in [3.63, 3.8) is 0 Å². The molecule has 6 nitrogen and oxygen atoms in total. The van der Waals surface area contributed by atoms with Crippen LogP contribution >= 0.6 is 0 Å². The molecule has 0 aliphatic carbocycles. The highest BCUT2D eigenvalue weighted by atomic mass is 32.2. The number of nitro groups is 1. The fraction of sp³-hybridized carbons (Fsp3) is 0.333. The van der Waals surface area contributed by atoms with E-state index in [0.29, 0.717) is 5.56 Å². The van der Waals surface area contributed by atoms with Gasteiger partial charge in [-0.2, -0.15) is 8.42 Å². The predicted molar refractivity (Wildman–Crippen MR) is 57.4 cm³/mol. The van der Waals surface area contributed by atoms with Gasteiger partial charge in [-0.25, -0.2) is 0 Å². The van der Waals surface area contributed by atoms with E-state index in [1.54, 1.807) is 6.07 Å². The lowest BCUT2D eigenvalue weighted by Crippen LogP contribution is -2.07. The zero-order chi connectivity index (χ0) is 12.3. The molecule has 16 heavy (non-hydrogen) atoms. The fourth-order valence-electron chi connectivity index (χ4n) is 1.21. The molecule has 88 valence electrons. The van der Waals surface area contributed by atoms with Crippen molar-refractivity contribution in [2.75, 3.05) is 6.26 Å². The molecule has 0 aromatic heterocycles. The third kappa shape index (κ3) is 3.59. The summed E-state index contributed by atoms with van der Waals surface area (Å²) in [4.78, 5) is 9.96. The molecule has 0 saturated carbocycles. The molecule has 0 radical (unpaired) electrons. The van der Waals surface area contributed by atoms with E-state index in [1.807, 2.05) is 0 Å². The monoisotopic (exact) mass is 245 g/mol. The molecule has 0 saturated heterocycles. The average molecular weight is 245 g/mol. The Morgan fingerprint density at radius 2 is 2.06 bits per heavy atom. The van der Waals surface area contributed by atoms with Crippen LogP contribution in [0.3, 0.4) is 0 Å². The summed E-state index contributed by atoms with van der Waals surface area (Å²) in [5.41, 5.74) is 0.348. The summed E-state index contributed by atoms with van der Waals surface area (Å²) in [6.45, 7) is 1.51. The van der Waals surface area contributed by atoms with Crippen LogP contribution in [-0.2, 0) is 14.3 Å². The second kappa shape index (κ2) is 4.58. The lowest BCUT2D eigenvalue weighted by Gasteiger charge is -2.10. The van der Waals surface area contributed by atoms with Crippen molar-refractivity contribution in [2.24, 2.45) is 0 Å². The molecular weight excluding hydrogens is 234 g/mol. The van der Waals surface area contributed by atoms with Gasteiger partial charge in [-0.05, 0) is 12.5 Å². The molecule has 0 heterocycles. The molecule has 0 fully saturated rings. The summed E-state index contributed by atoms with van der Waals surface area (Å²) in [7, 11) is -3.57. The lowest BCUT2D eigenvalue weighted by molar-refractivity contribution is -0.385. The van der Waals surface area contributed by atoms with Gasteiger partial charge in [-0.3, -0.25) is 14.3 Å². The SMILES string of the molecule is C[C@@H](OS(C)(=O)=O)c1cccc([N+](=O)[O-])c1. The summed E-state index contributed by atoms with van der Waals surface area (Å²) in [5, 5.41) is 10.5. The quantitative estimate of drug-likeness (QED) is 0.457. The third-order valence-corrected chi connectivity index (χ3v) is 2.51. The van der Waals surface area contributed by atoms with Crippen molar-refractivity contribution in [3.8, 4) is 0 Å². The van der Waals surface area contributed by atoms with Crippen molar-refractivity contribution in [2.45, 2.75) is 13.0 Å². The maximum absolute atomic E-state index is 10.9. The van der Waals surface area contributed by atoms with Gasteiger partial charge in [0.1, 0.15) is 0 Å². The van der Waals surface area contributed by atoms with Crippen LogP contribution in [0.4, 0.5) is 5.69 Å². The van der Waals surface area contributed by atoms with E-state index < -0.39 is 21.1 Å². The fourth-order valence-corrected chi connectivity index (χ4v) is 1.84. The molecule has 7 heteroatoms. The van der Waals surface area contributed by atoms with E-state index in [1.165, 1.54) is 25.1 Å².